The van der Waals surface area contributed by atoms with Crippen LogP contribution in [0.1, 0.15) is 39.5 Å². The fourth-order valence-electron chi connectivity index (χ4n) is 0.885. The van der Waals surface area contributed by atoms with Crippen LogP contribution in [0.15, 0.2) is 0 Å². The Labute approximate surface area is 68.6 Å². The van der Waals surface area contributed by atoms with Crippen LogP contribution in [-0.4, -0.2) is 17.5 Å². The third-order valence-corrected chi connectivity index (χ3v) is 1.99. The number of aliphatic hydroxyl groups excluding tert-OH is 1. The van der Waals surface area contributed by atoms with Crippen molar-refractivity contribution in [2.24, 2.45) is 5.92 Å². The lowest BCUT2D eigenvalue weighted by molar-refractivity contribution is -0.122. The van der Waals surface area contributed by atoms with Gasteiger partial charge in [-0.2, -0.15) is 0 Å². The molecule has 0 aromatic heterocycles. The third kappa shape index (κ3) is 4.96. The smallest absolute Gasteiger partial charge is 0.135 e. The van der Waals surface area contributed by atoms with E-state index in [0.29, 0.717) is 12.2 Å². The lowest BCUT2D eigenvalue weighted by atomic mass is 9.99. The standard InChI is InChI=1S/C9H18O2/c1-3-8(2)9(11)6-4-5-7-10/h8,10H,3-7H2,1-2H3. The summed E-state index contributed by atoms with van der Waals surface area (Å²) in [5.41, 5.74) is 0. The average Bonchev–Trinajstić information content (AvgIpc) is 2.03. The van der Waals surface area contributed by atoms with E-state index in [1.807, 2.05) is 13.8 Å². The zero-order chi connectivity index (χ0) is 8.69. The Balaban J connectivity index is 3.36. The average molecular weight is 158 g/mol. The fraction of sp³-hybridized carbons (Fsp3) is 0.889. The maximum Gasteiger partial charge on any atom is 0.135 e. The van der Waals surface area contributed by atoms with E-state index in [1.54, 1.807) is 0 Å². The second-order valence-electron chi connectivity index (χ2n) is 2.96. The Bertz CT molecular complexity index is 110. The van der Waals surface area contributed by atoms with Gasteiger partial charge < -0.3 is 5.11 Å². The van der Waals surface area contributed by atoms with Crippen LogP contribution in [0.3, 0.4) is 0 Å². The first-order valence-electron chi connectivity index (χ1n) is 4.36. The number of Topliss-reactive ketones (excluding diaryl/α,β-unsaturated/α-hetero) is 1. The molecule has 0 aromatic carbocycles. The highest BCUT2D eigenvalue weighted by Gasteiger charge is 2.08. The molecule has 0 heterocycles. The number of rotatable bonds is 6. The van der Waals surface area contributed by atoms with E-state index < -0.39 is 0 Å². The first kappa shape index (κ1) is 10.6. The molecule has 0 fully saturated rings. The first-order valence-corrected chi connectivity index (χ1v) is 4.36. The topological polar surface area (TPSA) is 37.3 Å². The summed E-state index contributed by atoms with van der Waals surface area (Å²) in [6, 6.07) is 0. The highest BCUT2D eigenvalue weighted by molar-refractivity contribution is 5.80. The Kier molecular flexibility index (Phi) is 6.13. The van der Waals surface area contributed by atoms with Crippen LogP contribution in [0.5, 0.6) is 0 Å². The second kappa shape index (κ2) is 6.35. The largest absolute Gasteiger partial charge is 0.396 e. The van der Waals surface area contributed by atoms with E-state index in [2.05, 4.69) is 0 Å². The van der Waals surface area contributed by atoms with Gasteiger partial charge in [-0.3, -0.25) is 4.79 Å². The van der Waals surface area contributed by atoms with E-state index >= 15 is 0 Å². The number of carbonyl (C=O) groups excluding carboxylic acids is 1. The van der Waals surface area contributed by atoms with Crippen molar-refractivity contribution in [3.8, 4) is 0 Å². The van der Waals surface area contributed by atoms with Crippen LogP contribution in [0.25, 0.3) is 0 Å². The quantitative estimate of drug-likeness (QED) is 0.598. The molecule has 2 heteroatoms. The molecule has 1 N–H and O–H groups in total. The lowest BCUT2D eigenvalue weighted by Gasteiger charge is -2.05. The number of unbranched alkanes of at least 4 members (excludes halogenated alkanes) is 1. The van der Waals surface area contributed by atoms with Crippen LogP contribution >= 0.6 is 0 Å². The summed E-state index contributed by atoms with van der Waals surface area (Å²) in [6.07, 6.45) is 3.15. The molecule has 0 saturated carbocycles. The summed E-state index contributed by atoms with van der Waals surface area (Å²) in [6.45, 7) is 4.18. The van der Waals surface area contributed by atoms with Gasteiger partial charge in [-0.1, -0.05) is 13.8 Å². The lowest BCUT2D eigenvalue weighted by Crippen LogP contribution is -2.09. The van der Waals surface area contributed by atoms with Gasteiger partial charge in [0.05, 0.1) is 0 Å². The summed E-state index contributed by atoms with van der Waals surface area (Å²) >= 11 is 0. The Morgan fingerprint density at radius 2 is 2.09 bits per heavy atom. The number of hydrogen-bond donors (Lipinski definition) is 1. The predicted molar refractivity (Wildman–Crippen MR) is 45.4 cm³/mol. The molecule has 0 aliphatic heterocycles. The highest BCUT2D eigenvalue weighted by Crippen LogP contribution is 2.07. The monoisotopic (exact) mass is 158 g/mol. The fourth-order valence-corrected chi connectivity index (χ4v) is 0.885. The Morgan fingerprint density at radius 1 is 1.45 bits per heavy atom. The van der Waals surface area contributed by atoms with Crippen molar-refractivity contribution in [1.82, 2.24) is 0 Å². The summed E-state index contributed by atoms with van der Waals surface area (Å²) in [5, 5.41) is 8.46. The van der Waals surface area contributed by atoms with Gasteiger partial charge in [0, 0.05) is 18.9 Å². The van der Waals surface area contributed by atoms with Gasteiger partial charge in [0.1, 0.15) is 5.78 Å². The molecule has 0 saturated heterocycles. The van der Waals surface area contributed by atoms with Gasteiger partial charge in [0.25, 0.3) is 0 Å². The van der Waals surface area contributed by atoms with Crippen LogP contribution in [0.2, 0.25) is 0 Å². The van der Waals surface area contributed by atoms with Gasteiger partial charge >= 0.3 is 0 Å². The SMILES string of the molecule is CCC(C)C(=O)CCCCO. The number of hydrogen-bond acceptors (Lipinski definition) is 2. The summed E-state index contributed by atoms with van der Waals surface area (Å²) < 4.78 is 0. The Morgan fingerprint density at radius 3 is 2.55 bits per heavy atom. The zero-order valence-electron chi connectivity index (χ0n) is 7.47. The van der Waals surface area contributed by atoms with Gasteiger partial charge in [0.15, 0.2) is 0 Å². The minimum Gasteiger partial charge on any atom is -0.396 e. The van der Waals surface area contributed by atoms with Crippen molar-refractivity contribution in [3.05, 3.63) is 0 Å². The van der Waals surface area contributed by atoms with Gasteiger partial charge in [-0.05, 0) is 19.3 Å². The van der Waals surface area contributed by atoms with Crippen molar-refractivity contribution in [2.45, 2.75) is 39.5 Å². The zero-order valence-corrected chi connectivity index (χ0v) is 7.47. The molecule has 0 aromatic rings. The van der Waals surface area contributed by atoms with Crippen molar-refractivity contribution in [1.29, 1.82) is 0 Å². The highest BCUT2D eigenvalue weighted by atomic mass is 16.2. The molecule has 0 amide bonds. The normalized spacial score (nSPS) is 13.0. The van der Waals surface area contributed by atoms with E-state index in [-0.39, 0.29) is 12.5 Å². The van der Waals surface area contributed by atoms with E-state index in [1.165, 1.54) is 0 Å². The van der Waals surface area contributed by atoms with Crippen LogP contribution in [0.4, 0.5) is 0 Å². The summed E-state index contributed by atoms with van der Waals surface area (Å²) in [5.74, 6) is 0.537. The maximum absolute atomic E-state index is 11.2. The number of aliphatic hydroxyl groups is 1. The maximum atomic E-state index is 11.2. The molecule has 1 unspecified atom stereocenters. The second-order valence-corrected chi connectivity index (χ2v) is 2.96. The molecular formula is C9H18O2. The molecule has 0 spiro atoms. The van der Waals surface area contributed by atoms with Crippen molar-refractivity contribution >= 4 is 5.78 Å². The van der Waals surface area contributed by atoms with E-state index in [0.717, 1.165) is 19.3 Å². The van der Waals surface area contributed by atoms with E-state index in [4.69, 9.17) is 5.11 Å². The van der Waals surface area contributed by atoms with Crippen molar-refractivity contribution < 1.29 is 9.90 Å². The molecule has 2 nitrogen and oxygen atoms in total. The number of ketones is 1. The van der Waals surface area contributed by atoms with Crippen molar-refractivity contribution in [2.75, 3.05) is 6.61 Å². The molecule has 0 aliphatic carbocycles. The number of carbonyl (C=O) groups is 1. The third-order valence-electron chi connectivity index (χ3n) is 1.99. The van der Waals surface area contributed by atoms with Gasteiger partial charge in [-0.25, -0.2) is 0 Å². The van der Waals surface area contributed by atoms with Crippen LogP contribution in [-0.2, 0) is 4.79 Å². The molecule has 0 rings (SSSR count). The van der Waals surface area contributed by atoms with Crippen LogP contribution < -0.4 is 0 Å². The summed E-state index contributed by atoms with van der Waals surface area (Å²) in [7, 11) is 0. The minimum atomic E-state index is 0.202. The Hall–Kier alpha value is -0.370. The van der Waals surface area contributed by atoms with Gasteiger partial charge in [0.2, 0.25) is 0 Å². The molecule has 0 bridgehead atoms. The molecule has 0 radical (unpaired) electrons. The molecule has 66 valence electrons. The van der Waals surface area contributed by atoms with Gasteiger partial charge in [-0.15, -0.1) is 0 Å². The minimum absolute atomic E-state index is 0.202. The molecule has 11 heavy (non-hydrogen) atoms. The molecule has 0 aliphatic rings. The summed E-state index contributed by atoms with van der Waals surface area (Å²) in [4.78, 5) is 11.2. The predicted octanol–water partition coefficient (Wildman–Crippen LogP) is 1.76. The molecular weight excluding hydrogens is 140 g/mol. The molecule has 1 atom stereocenters. The van der Waals surface area contributed by atoms with E-state index in [9.17, 15) is 4.79 Å². The first-order chi connectivity index (χ1) is 5.22. The van der Waals surface area contributed by atoms with Crippen LogP contribution in [0, 0.1) is 5.92 Å². The van der Waals surface area contributed by atoms with Crippen molar-refractivity contribution in [3.63, 3.8) is 0 Å².